The van der Waals surface area contributed by atoms with Crippen LogP contribution in [0.5, 0.6) is 5.75 Å². The molecule has 0 bridgehead atoms. The minimum Gasteiger partial charge on any atom is -0.507 e. The Bertz CT molecular complexity index is 494. The van der Waals surface area contributed by atoms with Gasteiger partial charge in [0.1, 0.15) is 11.3 Å². The zero-order chi connectivity index (χ0) is 12.5. The fourth-order valence-corrected chi connectivity index (χ4v) is 1.11. The number of aromatic hydroxyl groups is 1. The predicted octanol–water partition coefficient (Wildman–Crippen LogP) is 0.484. The first-order valence-corrected chi connectivity index (χ1v) is 3.91. The van der Waals surface area contributed by atoms with Crippen LogP contribution in [0.3, 0.4) is 0 Å². The van der Waals surface area contributed by atoms with Crippen molar-refractivity contribution in [3.05, 3.63) is 28.8 Å². The molecule has 0 atom stereocenters. The molecule has 0 unspecified atom stereocenters. The van der Waals surface area contributed by atoms with Crippen LogP contribution in [0.15, 0.2) is 12.1 Å². The summed E-state index contributed by atoms with van der Waals surface area (Å²) in [6, 6.07) is 1.19. The Morgan fingerprint density at radius 2 is 1.12 bits per heavy atom. The maximum atomic E-state index is 10.7. The van der Waals surface area contributed by atoms with Gasteiger partial charge in [-0.15, -0.1) is 0 Å². The van der Waals surface area contributed by atoms with Crippen LogP contribution in [-0.2, 0) is 19.5 Å². The zero-order valence-electron chi connectivity index (χ0n) is 8.38. The van der Waals surface area contributed by atoms with E-state index in [2.05, 4.69) is 0 Å². The molecule has 4 N–H and O–H groups in total. The Hall–Kier alpha value is -1.95. The fraction of sp³-hybridized carbons (Fsp3) is 0. The Morgan fingerprint density at radius 1 is 0.765 bits per heavy atom. The molecule has 0 fully saturated rings. The van der Waals surface area contributed by atoms with Crippen molar-refractivity contribution in [2.45, 2.75) is 0 Å². The molecular weight excluding hydrogens is 285 g/mol. The molecule has 0 spiro atoms. The summed E-state index contributed by atoms with van der Waals surface area (Å²) < 4.78 is 0. The van der Waals surface area contributed by atoms with Crippen LogP contribution in [0.4, 0.5) is 0 Å². The van der Waals surface area contributed by atoms with Gasteiger partial charge in [-0.3, -0.25) is 0 Å². The van der Waals surface area contributed by atoms with E-state index in [-0.39, 0.29) is 19.5 Å². The first kappa shape index (κ1) is 15.1. The molecule has 0 aliphatic rings. The second-order valence-electron chi connectivity index (χ2n) is 2.83. The molecule has 1 rings (SSSR count). The van der Waals surface area contributed by atoms with Crippen molar-refractivity contribution in [1.82, 2.24) is 0 Å². The smallest absolute Gasteiger partial charge is 0.339 e. The Balaban J connectivity index is 0.00000256. The molecular formula is C9H6O7Zn. The number of hydrogen-bond donors (Lipinski definition) is 4. The molecule has 0 aliphatic heterocycles. The molecule has 0 radical (unpaired) electrons. The number of hydrogen-bond acceptors (Lipinski definition) is 4. The Labute approximate surface area is 107 Å². The third-order valence-corrected chi connectivity index (χ3v) is 1.83. The van der Waals surface area contributed by atoms with Gasteiger partial charge in [-0.25, -0.2) is 14.4 Å². The van der Waals surface area contributed by atoms with E-state index in [0.29, 0.717) is 12.1 Å². The number of rotatable bonds is 3. The summed E-state index contributed by atoms with van der Waals surface area (Å²) in [7, 11) is 0. The van der Waals surface area contributed by atoms with Crippen molar-refractivity contribution < 1.29 is 54.3 Å². The van der Waals surface area contributed by atoms with Gasteiger partial charge in [0.2, 0.25) is 0 Å². The van der Waals surface area contributed by atoms with Crippen molar-refractivity contribution >= 4 is 17.9 Å². The van der Waals surface area contributed by atoms with Gasteiger partial charge >= 0.3 is 17.9 Å². The molecule has 0 aromatic heterocycles. The number of phenols is 1. The van der Waals surface area contributed by atoms with Gasteiger partial charge in [-0.1, -0.05) is 0 Å². The maximum absolute atomic E-state index is 10.7. The Morgan fingerprint density at radius 3 is 1.47 bits per heavy atom. The topological polar surface area (TPSA) is 132 Å². The molecule has 0 saturated carbocycles. The van der Waals surface area contributed by atoms with Crippen LogP contribution in [0, 0.1) is 0 Å². The molecule has 1 aromatic carbocycles. The quantitative estimate of drug-likeness (QED) is 0.595. The van der Waals surface area contributed by atoms with Crippen LogP contribution < -0.4 is 0 Å². The Kier molecular flexibility index (Phi) is 4.78. The van der Waals surface area contributed by atoms with Crippen molar-refractivity contribution in [3.8, 4) is 5.75 Å². The van der Waals surface area contributed by atoms with Crippen molar-refractivity contribution in [3.63, 3.8) is 0 Å². The van der Waals surface area contributed by atoms with Crippen molar-refractivity contribution in [2.24, 2.45) is 0 Å². The number of carbonyl (C=O) groups is 3. The third-order valence-electron chi connectivity index (χ3n) is 1.83. The largest absolute Gasteiger partial charge is 0.507 e. The number of aromatic carboxylic acids is 3. The molecule has 0 heterocycles. The van der Waals surface area contributed by atoms with Crippen molar-refractivity contribution in [1.29, 1.82) is 0 Å². The first-order valence-electron chi connectivity index (χ1n) is 3.91. The third kappa shape index (κ3) is 3.01. The summed E-state index contributed by atoms with van der Waals surface area (Å²) in [5, 5.41) is 35.1. The molecule has 0 amide bonds. The predicted molar refractivity (Wildman–Crippen MR) is 49.0 cm³/mol. The van der Waals surface area contributed by atoms with Crippen LogP contribution >= 0.6 is 0 Å². The first-order chi connectivity index (χ1) is 7.34. The molecule has 0 aliphatic carbocycles. The van der Waals surface area contributed by atoms with E-state index in [0.717, 1.165) is 0 Å². The van der Waals surface area contributed by atoms with E-state index in [4.69, 9.17) is 15.3 Å². The molecule has 17 heavy (non-hydrogen) atoms. The van der Waals surface area contributed by atoms with E-state index in [9.17, 15) is 19.5 Å². The van der Waals surface area contributed by atoms with E-state index >= 15 is 0 Å². The van der Waals surface area contributed by atoms with Gasteiger partial charge in [0.25, 0.3) is 0 Å². The standard InChI is InChI=1S/C9H6O7.Zn/c10-6-2-4(8(13)14)3(7(11)12)1-5(6)9(15)16;/h1-2,10H,(H,11,12)(H,13,14)(H,15,16);. The van der Waals surface area contributed by atoms with E-state index in [1.165, 1.54) is 0 Å². The average Bonchev–Trinajstić information content (AvgIpc) is 2.15. The van der Waals surface area contributed by atoms with Crippen molar-refractivity contribution in [2.75, 3.05) is 0 Å². The molecule has 0 saturated heterocycles. The van der Waals surface area contributed by atoms with Gasteiger partial charge in [0, 0.05) is 19.5 Å². The van der Waals surface area contributed by atoms with Crippen LogP contribution in [-0.4, -0.2) is 38.3 Å². The minimum absolute atomic E-state index is 0. The van der Waals surface area contributed by atoms with E-state index < -0.39 is 40.3 Å². The SMILES string of the molecule is O=C(O)c1cc(C(=O)O)c(C(=O)O)cc1O.[Zn]. The molecule has 7 nitrogen and oxygen atoms in total. The molecule has 1 aromatic rings. The minimum atomic E-state index is -1.58. The monoisotopic (exact) mass is 290 g/mol. The van der Waals surface area contributed by atoms with Gasteiger partial charge in [0.05, 0.1) is 11.1 Å². The van der Waals surface area contributed by atoms with Crippen LogP contribution in [0.1, 0.15) is 31.1 Å². The van der Waals surface area contributed by atoms with E-state index in [1.807, 2.05) is 0 Å². The van der Waals surface area contributed by atoms with Gasteiger partial charge in [0.15, 0.2) is 0 Å². The number of benzene rings is 1. The normalized spacial score (nSPS) is 9.18. The second-order valence-corrected chi connectivity index (χ2v) is 2.83. The zero-order valence-corrected chi connectivity index (χ0v) is 11.3. The fourth-order valence-electron chi connectivity index (χ4n) is 1.11. The number of carboxylic acids is 3. The summed E-state index contributed by atoms with van der Waals surface area (Å²) in [6.07, 6.45) is 0. The summed E-state index contributed by atoms with van der Waals surface area (Å²) in [5.41, 5.74) is -2.03. The molecule has 86 valence electrons. The van der Waals surface area contributed by atoms with Gasteiger partial charge < -0.3 is 20.4 Å². The van der Waals surface area contributed by atoms with Gasteiger partial charge in [-0.05, 0) is 12.1 Å². The summed E-state index contributed by atoms with van der Waals surface area (Å²) in [5.74, 6) is -5.49. The summed E-state index contributed by atoms with van der Waals surface area (Å²) >= 11 is 0. The average molecular weight is 292 g/mol. The van der Waals surface area contributed by atoms with Crippen LogP contribution in [0.25, 0.3) is 0 Å². The maximum Gasteiger partial charge on any atom is 0.339 e. The van der Waals surface area contributed by atoms with Crippen LogP contribution in [0.2, 0.25) is 0 Å². The second kappa shape index (κ2) is 5.40. The summed E-state index contributed by atoms with van der Waals surface area (Å²) in [4.78, 5) is 31.9. The molecule has 8 heteroatoms. The summed E-state index contributed by atoms with van der Waals surface area (Å²) in [6.45, 7) is 0. The van der Waals surface area contributed by atoms with Gasteiger partial charge in [-0.2, -0.15) is 0 Å². The number of carboxylic acid groups (broad SMARTS) is 3. The van der Waals surface area contributed by atoms with E-state index in [1.54, 1.807) is 0 Å².